The third kappa shape index (κ3) is 4.05. The number of rotatable bonds is 4. The van der Waals surface area contributed by atoms with Crippen molar-refractivity contribution in [2.75, 3.05) is 33.3 Å². The van der Waals surface area contributed by atoms with Crippen LogP contribution in [0.3, 0.4) is 0 Å². The number of carbonyl (C=O) groups is 2. The van der Waals surface area contributed by atoms with Gasteiger partial charge in [-0.1, -0.05) is 41.1 Å². The molecule has 0 bridgehead atoms. The summed E-state index contributed by atoms with van der Waals surface area (Å²) in [6, 6.07) is 16.6. The van der Waals surface area contributed by atoms with E-state index in [9.17, 15) is 9.59 Å². The molecule has 0 atom stereocenters. The molecule has 7 heteroatoms. The van der Waals surface area contributed by atoms with E-state index in [-0.39, 0.29) is 17.6 Å². The number of amides is 2. The number of aryl methyl sites for hydroxylation is 1. The van der Waals surface area contributed by atoms with E-state index in [1.54, 1.807) is 47.2 Å². The summed E-state index contributed by atoms with van der Waals surface area (Å²) in [5.74, 6) is 0.569. The molecule has 2 amide bonds. The predicted molar refractivity (Wildman–Crippen MR) is 111 cm³/mol. The number of piperazine rings is 1. The highest BCUT2D eigenvalue weighted by Gasteiger charge is 2.27. The lowest BCUT2D eigenvalue weighted by Gasteiger charge is -2.34. The Morgan fingerprint density at radius 3 is 2.27 bits per heavy atom. The zero-order valence-corrected chi connectivity index (χ0v) is 17.0. The molecule has 2 aromatic carbocycles. The first-order chi connectivity index (χ1) is 14.5. The van der Waals surface area contributed by atoms with Crippen LogP contribution >= 0.6 is 0 Å². The van der Waals surface area contributed by atoms with Gasteiger partial charge >= 0.3 is 0 Å². The van der Waals surface area contributed by atoms with Gasteiger partial charge in [0, 0.05) is 43.4 Å². The molecule has 0 aliphatic carbocycles. The van der Waals surface area contributed by atoms with Crippen molar-refractivity contribution >= 4 is 11.8 Å². The number of hydrogen-bond donors (Lipinski definition) is 0. The van der Waals surface area contributed by atoms with Gasteiger partial charge in [0.1, 0.15) is 11.4 Å². The van der Waals surface area contributed by atoms with E-state index in [1.165, 1.54) is 0 Å². The van der Waals surface area contributed by atoms with Gasteiger partial charge in [-0.25, -0.2) is 0 Å². The largest absolute Gasteiger partial charge is 0.497 e. The maximum Gasteiger partial charge on any atom is 0.292 e. The molecular formula is C23H23N3O4. The fourth-order valence-electron chi connectivity index (χ4n) is 3.44. The molecule has 4 rings (SSSR count). The van der Waals surface area contributed by atoms with Crippen molar-refractivity contribution in [3.05, 3.63) is 71.5 Å². The van der Waals surface area contributed by atoms with Gasteiger partial charge in [0.2, 0.25) is 5.76 Å². The molecule has 1 aliphatic heterocycles. The summed E-state index contributed by atoms with van der Waals surface area (Å²) in [6.07, 6.45) is 0. The molecule has 30 heavy (non-hydrogen) atoms. The summed E-state index contributed by atoms with van der Waals surface area (Å²) in [5.41, 5.74) is 3.26. The predicted octanol–water partition coefficient (Wildman–Crippen LogP) is 3.26. The van der Waals surface area contributed by atoms with E-state index in [0.717, 1.165) is 11.1 Å². The third-order valence-corrected chi connectivity index (χ3v) is 5.24. The summed E-state index contributed by atoms with van der Waals surface area (Å²) in [5, 5.41) is 4.03. The Morgan fingerprint density at radius 2 is 1.60 bits per heavy atom. The summed E-state index contributed by atoms with van der Waals surface area (Å²) >= 11 is 0. The average molecular weight is 405 g/mol. The Morgan fingerprint density at radius 1 is 0.933 bits per heavy atom. The van der Waals surface area contributed by atoms with Crippen molar-refractivity contribution in [3.8, 4) is 17.0 Å². The van der Waals surface area contributed by atoms with E-state index in [1.807, 2.05) is 31.2 Å². The summed E-state index contributed by atoms with van der Waals surface area (Å²) in [6.45, 7) is 3.81. The number of nitrogens with zero attached hydrogens (tertiary/aromatic N) is 3. The van der Waals surface area contributed by atoms with Crippen LogP contribution in [0.4, 0.5) is 0 Å². The maximum atomic E-state index is 12.8. The van der Waals surface area contributed by atoms with Gasteiger partial charge in [-0.15, -0.1) is 0 Å². The number of benzene rings is 2. The van der Waals surface area contributed by atoms with E-state index >= 15 is 0 Å². The first kappa shape index (κ1) is 19.7. The number of carbonyl (C=O) groups excluding carboxylic acids is 2. The summed E-state index contributed by atoms with van der Waals surface area (Å²) in [7, 11) is 1.57. The first-order valence-corrected chi connectivity index (χ1v) is 9.81. The zero-order valence-electron chi connectivity index (χ0n) is 17.0. The Bertz CT molecular complexity index is 1050. The molecule has 0 unspecified atom stereocenters. The van der Waals surface area contributed by atoms with Crippen molar-refractivity contribution in [1.29, 1.82) is 0 Å². The second-order valence-corrected chi connectivity index (χ2v) is 7.26. The lowest BCUT2D eigenvalue weighted by molar-refractivity contribution is 0.0512. The highest BCUT2D eigenvalue weighted by atomic mass is 16.5. The Labute approximate surface area is 174 Å². The van der Waals surface area contributed by atoms with Crippen molar-refractivity contribution in [3.63, 3.8) is 0 Å². The molecule has 0 saturated carbocycles. The molecular weight excluding hydrogens is 382 g/mol. The molecule has 0 spiro atoms. The van der Waals surface area contributed by atoms with Crippen LogP contribution in [0.1, 0.15) is 26.5 Å². The van der Waals surface area contributed by atoms with Crippen LogP contribution in [0.25, 0.3) is 11.3 Å². The lowest BCUT2D eigenvalue weighted by atomic mass is 10.1. The lowest BCUT2D eigenvalue weighted by Crippen LogP contribution is -2.50. The molecule has 1 aromatic heterocycles. The minimum Gasteiger partial charge on any atom is -0.497 e. The van der Waals surface area contributed by atoms with Crippen LogP contribution in [-0.4, -0.2) is 60.1 Å². The standard InChI is InChI=1S/C23H23N3O4/c1-16-6-8-17(9-7-16)20-15-21(30-24-20)23(28)26-12-10-25(11-13-26)22(27)18-4-3-5-19(14-18)29-2/h3-9,14-15H,10-13H2,1-2H3. The number of hydrogen-bond acceptors (Lipinski definition) is 5. The molecule has 2 heterocycles. The summed E-state index contributed by atoms with van der Waals surface area (Å²) in [4.78, 5) is 29.0. The smallest absolute Gasteiger partial charge is 0.292 e. The fraction of sp³-hybridized carbons (Fsp3) is 0.261. The molecule has 7 nitrogen and oxygen atoms in total. The van der Waals surface area contributed by atoms with E-state index in [4.69, 9.17) is 9.26 Å². The van der Waals surface area contributed by atoms with Crippen molar-refractivity contribution in [2.24, 2.45) is 0 Å². The van der Waals surface area contributed by atoms with Crippen molar-refractivity contribution < 1.29 is 18.8 Å². The van der Waals surface area contributed by atoms with Gasteiger partial charge in [-0.2, -0.15) is 0 Å². The Balaban J connectivity index is 1.38. The minimum atomic E-state index is -0.214. The summed E-state index contributed by atoms with van der Waals surface area (Å²) < 4.78 is 10.5. The van der Waals surface area contributed by atoms with E-state index < -0.39 is 0 Å². The number of ether oxygens (including phenoxy) is 1. The second-order valence-electron chi connectivity index (χ2n) is 7.26. The minimum absolute atomic E-state index is 0.0673. The molecule has 1 fully saturated rings. The molecule has 154 valence electrons. The van der Waals surface area contributed by atoms with Gasteiger partial charge in [0.05, 0.1) is 7.11 Å². The SMILES string of the molecule is COc1cccc(C(=O)N2CCN(C(=O)c3cc(-c4ccc(C)cc4)no3)CC2)c1. The van der Waals surface area contributed by atoms with Gasteiger partial charge in [-0.3, -0.25) is 9.59 Å². The van der Waals surface area contributed by atoms with Crippen LogP contribution in [-0.2, 0) is 0 Å². The van der Waals surface area contributed by atoms with Crippen LogP contribution in [0.2, 0.25) is 0 Å². The molecule has 1 saturated heterocycles. The maximum absolute atomic E-state index is 12.8. The first-order valence-electron chi connectivity index (χ1n) is 9.81. The van der Waals surface area contributed by atoms with Gasteiger partial charge < -0.3 is 19.1 Å². The quantitative estimate of drug-likeness (QED) is 0.666. The van der Waals surface area contributed by atoms with Crippen LogP contribution in [0.5, 0.6) is 5.75 Å². The van der Waals surface area contributed by atoms with Gasteiger partial charge in [-0.05, 0) is 25.1 Å². The molecule has 1 aliphatic rings. The van der Waals surface area contributed by atoms with Gasteiger partial charge in [0.25, 0.3) is 11.8 Å². The highest BCUT2D eigenvalue weighted by molar-refractivity contribution is 5.95. The zero-order chi connectivity index (χ0) is 21.1. The van der Waals surface area contributed by atoms with Crippen LogP contribution < -0.4 is 4.74 Å². The topological polar surface area (TPSA) is 75.9 Å². The normalized spacial score (nSPS) is 13.9. The van der Waals surface area contributed by atoms with Crippen molar-refractivity contribution in [2.45, 2.75) is 6.92 Å². The molecule has 3 aromatic rings. The molecule has 0 radical (unpaired) electrons. The Hall–Kier alpha value is -3.61. The average Bonchev–Trinajstić information content (AvgIpc) is 3.29. The van der Waals surface area contributed by atoms with E-state index in [0.29, 0.717) is 43.2 Å². The second kappa shape index (κ2) is 8.41. The monoisotopic (exact) mass is 405 g/mol. The highest BCUT2D eigenvalue weighted by Crippen LogP contribution is 2.21. The number of methoxy groups -OCH3 is 1. The third-order valence-electron chi connectivity index (χ3n) is 5.24. The number of aromatic nitrogens is 1. The Kier molecular flexibility index (Phi) is 5.52. The van der Waals surface area contributed by atoms with Crippen molar-refractivity contribution in [1.82, 2.24) is 15.0 Å². The van der Waals surface area contributed by atoms with Gasteiger partial charge in [0.15, 0.2) is 0 Å². The fourth-order valence-corrected chi connectivity index (χ4v) is 3.44. The van der Waals surface area contributed by atoms with Crippen LogP contribution in [0.15, 0.2) is 59.1 Å². The molecule has 0 N–H and O–H groups in total. The van der Waals surface area contributed by atoms with Crippen LogP contribution in [0, 0.1) is 6.92 Å². The van der Waals surface area contributed by atoms with E-state index in [2.05, 4.69) is 5.16 Å².